The molecule has 0 fully saturated rings. The Morgan fingerprint density at radius 1 is 0.320 bits per heavy atom. The first-order valence-electron chi connectivity index (χ1n) is 39.8. The van der Waals surface area contributed by atoms with Gasteiger partial charge in [-0.1, -0.05) is 329 Å². The Hall–Kier alpha value is -2.46. The van der Waals surface area contributed by atoms with Gasteiger partial charge in [0.1, 0.15) is 19.3 Å². The molecular formula is C78H148O17P2. The summed E-state index contributed by atoms with van der Waals surface area (Å²) in [6.07, 6.45) is 60.4. The van der Waals surface area contributed by atoms with E-state index in [2.05, 4.69) is 65.8 Å². The fourth-order valence-electron chi connectivity index (χ4n) is 11.5. The molecule has 0 aliphatic rings. The maximum Gasteiger partial charge on any atom is 0.472 e. The molecule has 0 aromatic heterocycles. The van der Waals surface area contributed by atoms with E-state index in [1.165, 1.54) is 180 Å². The second-order valence-electron chi connectivity index (χ2n) is 28.4. The molecule has 0 rings (SSSR count). The van der Waals surface area contributed by atoms with Gasteiger partial charge in [-0.05, 0) is 63.2 Å². The molecule has 0 aliphatic carbocycles. The number of hydrogen-bond donors (Lipinski definition) is 3. The van der Waals surface area contributed by atoms with E-state index in [9.17, 15) is 43.2 Å². The van der Waals surface area contributed by atoms with Crippen LogP contribution in [0.15, 0.2) is 24.3 Å². The molecule has 0 heterocycles. The summed E-state index contributed by atoms with van der Waals surface area (Å²) < 4.78 is 68.6. The Kier molecular flexibility index (Phi) is 67.5. The van der Waals surface area contributed by atoms with Crippen LogP contribution in [0.25, 0.3) is 0 Å². The monoisotopic (exact) mass is 1420 g/mol. The number of carbonyl (C=O) groups excluding carboxylic acids is 4. The SMILES string of the molecule is CCCCCC/C=C\C=C/CCCCCCCC(=O)OC[C@H](COP(=O)(O)OC[C@@H](O)COP(=O)(O)OC[C@@H](COC(=O)CCCCCCCCCCCC(C)C)OC(=O)CCCCCCCCCCCCC(C)C)OC(=O)CCCCCCCCCCCCCCCCCCC. The van der Waals surface area contributed by atoms with Crippen LogP contribution in [0.1, 0.15) is 382 Å². The van der Waals surface area contributed by atoms with E-state index in [1.807, 2.05) is 0 Å². The van der Waals surface area contributed by atoms with Gasteiger partial charge in [-0.3, -0.25) is 37.3 Å². The molecule has 0 saturated carbocycles. The lowest BCUT2D eigenvalue weighted by Crippen LogP contribution is -2.30. The quantitative estimate of drug-likeness (QED) is 0.0169. The fraction of sp³-hybridized carbons (Fsp3) is 0.897. The van der Waals surface area contributed by atoms with Crippen LogP contribution < -0.4 is 0 Å². The van der Waals surface area contributed by atoms with E-state index in [0.717, 1.165) is 121 Å². The number of carbonyl (C=O) groups is 4. The molecular weight excluding hydrogens is 1270 g/mol. The summed E-state index contributed by atoms with van der Waals surface area (Å²) in [4.78, 5) is 72.9. The normalized spacial score (nSPS) is 14.1. The van der Waals surface area contributed by atoms with Crippen molar-refractivity contribution in [1.82, 2.24) is 0 Å². The zero-order valence-corrected chi connectivity index (χ0v) is 64.7. The van der Waals surface area contributed by atoms with E-state index >= 15 is 0 Å². The number of hydrogen-bond acceptors (Lipinski definition) is 15. The van der Waals surface area contributed by atoms with Crippen molar-refractivity contribution < 1.29 is 80.2 Å². The van der Waals surface area contributed by atoms with Crippen LogP contribution in [0, 0.1) is 11.8 Å². The van der Waals surface area contributed by atoms with Crippen LogP contribution in [0.2, 0.25) is 0 Å². The average Bonchev–Trinajstić information content (AvgIpc) is 1.27. The lowest BCUT2D eigenvalue weighted by molar-refractivity contribution is -0.161. The minimum absolute atomic E-state index is 0.101. The van der Waals surface area contributed by atoms with Gasteiger partial charge in [0.05, 0.1) is 26.4 Å². The Labute approximate surface area is 592 Å². The second-order valence-corrected chi connectivity index (χ2v) is 31.3. The summed E-state index contributed by atoms with van der Waals surface area (Å²) in [6, 6.07) is 0. The van der Waals surface area contributed by atoms with Gasteiger partial charge in [-0.15, -0.1) is 0 Å². The summed E-state index contributed by atoms with van der Waals surface area (Å²) in [5, 5.41) is 10.6. The van der Waals surface area contributed by atoms with Gasteiger partial charge in [0.25, 0.3) is 0 Å². The van der Waals surface area contributed by atoms with E-state index in [0.29, 0.717) is 25.7 Å². The Balaban J connectivity index is 5.30. The van der Waals surface area contributed by atoms with Crippen LogP contribution in [0.4, 0.5) is 0 Å². The zero-order chi connectivity index (χ0) is 71.4. The van der Waals surface area contributed by atoms with Crippen LogP contribution in [0.5, 0.6) is 0 Å². The second kappa shape index (κ2) is 69.3. The lowest BCUT2D eigenvalue weighted by Gasteiger charge is -2.21. The van der Waals surface area contributed by atoms with Crippen LogP contribution >= 0.6 is 15.6 Å². The number of rotatable bonds is 75. The molecule has 572 valence electrons. The van der Waals surface area contributed by atoms with E-state index in [-0.39, 0.29) is 25.7 Å². The average molecular weight is 1420 g/mol. The number of aliphatic hydroxyl groups is 1. The van der Waals surface area contributed by atoms with Gasteiger partial charge < -0.3 is 33.8 Å². The van der Waals surface area contributed by atoms with Crippen molar-refractivity contribution in [1.29, 1.82) is 0 Å². The number of phosphoric acid groups is 2. The number of aliphatic hydroxyl groups excluding tert-OH is 1. The molecule has 5 atom stereocenters. The molecule has 0 bridgehead atoms. The van der Waals surface area contributed by atoms with Gasteiger partial charge in [0.2, 0.25) is 0 Å². The largest absolute Gasteiger partial charge is 0.472 e. The molecule has 2 unspecified atom stereocenters. The third-order valence-electron chi connectivity index (χ3n) is 17.6. The van der Waals surface area contributed by atoms with Crippen molar-refractivity contribution in [2.24, 2.45) is 11.8 Å². The number of allylic oxidation sites excluding steroid dienone is 4. The number of ether oxygens (including phenoxy) is 4. The van der Waals surface area contributed by atoms with E-state index in [4.69, 9.17) is 37.0 Å². The summed E-state index contributed by atoms with van der Waals surface area (Å²) in [5.74, 6) is -0.650. The van der Waals surface area contributed by atoms with Crippen molar-refractivity contribution in [2.45, 2.75) is 400 Å². The molecule has 17 nitrogen and oxygen atoms in total. The Morgan fingerprint density at radius 3 is 0.845 bits per heavy atom. The maximum absolute atomic E-state index is 13.1. The fourth-order valence-corrected chi connectivity index (χ4v) is 13.0. The molecule has 97 heavy (non-hydrogen) atoms. The minimum atomic E-state index is -4.97. The van der Waals surface area contributed by atoms with Gasteiger partial charge in [0.15, 0.2) is 12.2 Å². The summed E-state index contributed by atoms with van der Waals surface area (Å²) in [7, 11) is -9.93. The number of phosphoric ester groups is 2. The summed E-state index contributed by atoms with van der Waals surface area (Å²) >= 11 is 0. The van der Waals surface area contributed by atoms with Gasteiger partial charge in [0, 0.05) is 25.7 Å². The van der Waals surface area contributed by atoms with Crippen molar-refractivity contribution in [2.75, 3.05) is 39.6 Å². The number of esters is 4. The molecule has 0 saturated heterocycles. The first-order valence-corrected chi connectivity index (χ1v) is 42.8. The van der Waals surface area contributed by atoms with Crippen LogP contribution in [0.3, 0.4) is 0 Å². The molecule has 0 aromatic rings. The van der Waals surface area contributed by atoms with Gasteiger partial charge in [-0.25, -0.2) is 9.13 Å². The smallest absolute Gasteiger partial charge is 0.462 e. The van der Waals surface area contributed by atoms with Crippen molar-refractivity contribution in [3.05, 3.63) is 24.3 Å². The van der Waals surface area contributed by atoms with E-state index < -0.39 is 97.5 Å². The van der Waals surface area contributed by atoms with Gasteiger partial charge >= 0.3 is 39.5 Å². The molecule has 3 N–H and O–H groups in total. The lowest BCUT2D eigenvalue weighted by atomic mass is 10.0. The topological polar surface area (TPSA) is 237 Å². The minimum Gasteiger partial charge on any atom is -0.462 e. The highest BCUT2D eigenvalue weighted by Crippen LogP contribution is 2.45. The molecule has 0 spiro atoms. The highest BCUT2D eigenvalue weighted by atomic mass is 31.2. The highest BCUT2D eigenvalue weighted by Gasteiger charge is 2.30. The zero-order valence-electron chi connectivity index (χ0n) is 62.9. The third kappa shape index (κ3) is 71.7. The molecule has 0 aromatic carbocycles. The Bertz CT molecular complexity index is 1970. The van der Waals surface area contributed by atoms with Gasteiger partial charge in [-0.2, -0.15) is 0 Å². The first kappa shape index (κ1) is 94.5. The molecule has 0 aliphatic heterocycles. The molecule has 0 radical (unpaired) electrons. The third-order valence-corrected chi connectivity index (χ3v) is 19.5. The van der Waals surface area contributed by atoms with Crippen molar-refractivity contribution in [3.63, 3.8) is 0 Å². The molecule has 0 amide bonds. The predicted octanol–water partition coefficient (Wildman–Crippen LogP) is 22.7. The predicted molar refractivity (Wildman–Crippen MR) is 395 cm³/mol. The molecule has 19 heteroatoms. The highest BCUT2D eigenvalue weighted by molar-refractivity contribution is 7.47. The van der Waals surface area contributed by atoms with Crippen molar-refractivity contribution in [3.8, 4) is 0 Å². The standard InChI is InChI=1S/C78H148O17P2/c1-7-9-11-13-15-17-19-21-23-24-26-28-30-37-44-50-56-62-77(82)94-73(66-88-75(80)60-54-48-42-36-29-27-25-22-20-18-16-14-12-10-8-2)68-92-96(84,85)90-64-72(79)65-91-97(86,87)93-69-74(67-89-76(81)61-55-49-43-39-33-35-41-47-53-59-71(5)6)95-78(83)63-57-51-45-38-32-31-34-40-46-52-58-70(3)4/h18,20,22,25,70-74,79H,7-17,19,21,23-24,26-69H2,1-6H3,(H,84,85)(H,86,87)/b20-18-,25-22-/t72-,73-,74-/m1/s1. The van der Waals surface area contributed by atoms with Crippen LogP contribution in [-0.2, 0) is 65.4 Å². The van der Waals surface area contributed by atoms with E-state index in [1.54, 1.807) is 0 Å². The summed E-state index contributed by atoms with van der Waals surface area (Å²) in [5.41, 5.74) is 0. The number of unbranched alkanes of at least 4 members (excludes halogenated alkanes) is 42. The van der Waals surface area contributed by atoms with Crippen LogP contribution in [-0.4, -0.2) is 96.7 Å². The first-order chi connectivity index (χ1) is 46.9. The maximum atomic E-state index is 13.1. The summed E-state index contributed by atoms with van der Waals surface area (Å²) in [6.45, 7) is 9.52. The Morgan fingerprint density at radius 2 is 0.557 bits per heavy atom. The van der Waals surface area contributed by atoms with Crippen molar-refractivity contribution >= 4 is 39.5 Å².